The zero-order chi connectivity index (χ0) is 15.0. The third-order valence-electron chi connectivity index (χ3n) is 3.81. The van der Waals surface area contributed by atoms with Crippen LogP contribution >= 0.6 is 0 Å². The number of piperidine rings is 1. The Labute approximate surface area is 124 Å². The molecule has 1 aliphatic rings. The Balaban J connectivity index is 2.72. The predicted octanol–water partition coefficient (Wildman–Crippen LogP) is 1.67. The Bertz CT molecular complexity index is 347. The SMILES string of the molecule is CCCN(CCC)S(=O)(=O)N(CC)CC1CCCNC1. The van der Waals surface area contributed by atoms with Gasteiger partial charge in [-0.1, -0.05) is 20.8 Å². The van der Waals surface area contributed by atoms with Crippen LogP contribution in [0.2, 0.25) is 0 Å². The molecule has 6 heteroatoms. The molecule has 0 aromatic carbocycles. The molecule has 0 aliphatic carbocycles. The molecule has 1 heterocycles. The summed E-state index contributed by atoms with van der Waals surface area (Å²) in [5.41, 5.74) is 0. The van der Waals surface area contributed by atoms with Crippen molar-refractivity contribution in [3.05, 3.63) is 0 Å². The summed E-state index contributed by atoms with van der Waals surface area (Å²) >= 11 is 0. The van der Waals surface area contributed by atoms with Crippen molar-refractivity contribution in [2.45, 2.75) is 46.5 Å². The number of nitrogens with one attached hydrogen (secondary N) is 1. The van der Waals surface area contributed by atoms with Crippen molar-refractivity contribution in [3.63, 3.8) is 0 Å². The van der Waals surface area contributed by atoms with E-state index in [1.165, 1.54) is 0 Å². The molecule has 5 nitrogen and oxygen atoms in total. The number of hydrogen-bond acceptors (Lipinski definition) is 3. The van der Waals surface area contributed by atoms with Crippen molar-refractivity contribution >= 4 is 10.2 Å². The first-order valence-corrected chi connectivity index (χ1v) is 9.41. The first-order valence-electron chi connectivity index (χ1n) is 8.02. The van der Waals surface area contributed by atoms with E-state index in [1.54, 1.807) is 8.61 Å². The highest BCUT2D eigenvalue weighted by atomic mass is 32.2. The molecule has 0 spiro atoms. The van der Waals surface area contributed by atoms with Crippen LogP contribution in [0.1, 0.15) is 46.5 Å². The van der Waals surface area contributed by atoms with Crippen LogP contribution in [-0.4, -0.2) is 56.3 Å². The molecule has 0 aromatic heterocycles. The lowest BCUT2D eigenvalue weighted by Gasteiger charge is -2.32. The average molecular weight is 305 g/mol. The van der Waals surface area contributed by atoms with E-state index >= 15 is 0 Å². The summed E-state index contributed by atoms with van der Waals surface area (Å²) in [4.78, 5) is 0. The summed E-state index contributed by atoms with van der Waals surface area (Å²) in [6, 6.07) is 0. The standard InChI is InChI=1S/C14H31N3O2S/c1-4-10-17(11-5-2)20(18,19)16(6-3)13-14-8-7-9-15-12-14/h14-15H,4-13H2,1-3H3. The first kappa shape index (κ1) is 17.9. The normalized spacial score (nSPS) is 20.8. The quantitative estimate of drug-likeness (QED) is 0.705. The maximum atomic E-state index is 12.7. The third-order valence-corrected chi connectivity index (χ3v) is 5.89. The number of nitrogens with zero attached hydrogens (tertiary/aromatic N) is 2. The fourth-order valence-electron chi connectivity index (χ4n) is 2.76. The molecule has 0 saturated carbocycles. The topological polar surface area (TPSA) is 52.7 Å². The van der Waals surface area contributed by atoms with Crippen LogP contribution in [0.4, 0.5) is 0 Å². The summed E-state index contributed by atoms with van der Waals surface area (Å²) in [7, 11) is -3.30. The second-order valence-electron chi connectivity index (χ2n) is 5.57. The second kappa shape index (κ2) is 8.97. The van der Waals surface area contributed by atoms with Crippen molar-refractivity contribution in [1.82, 2.24) is 13.9 Å². The van der Waals surface area contributed by atoms with Gasteiger partial charge in [0, 0.05) is 26.2 Å². The molecule has 1 fully saturated rings. The lowest BCUT2D eigenvalue weighted by molar-refractivity contribution is 0.276. The molecule has 20 heavy (non-hydrogen) atoms. The number of rotatable bonds is 9. The fourth-order valence-corrected chi connectivity index (χ4v) is 4.64. The van der Waals surface area contributed by atoms with Crippen LogP contribution < -0.4 is 5.32 Å². The predicted molar refractivity (Wildman–Crippen MR) is 83.9 cm³/mol. The highest BCUT2D eigenvalue weighted by molar-refractivity contribution is 7.86. The average Bonchev–Trinajstić information content (AvgIpc) is 2.45. The van der Waals surface area contributed by atoms with E-state index in [2.05, 4.69) is 5.32 Å². The molecule has 1 aliphatic heterocycles. The molecule has 1 atom stereocenters. The van der Waals surface area contributed by atoms with E-state index in [0.29, 0.717) is 32.1 Å². The van der Waals surface area contributed by atoms with Gasteiger partial charge >= 0.3 is 0 Å². The lowest BCUT2D eigenvalue weighted by atomic mass is 10.00. The molecule has 1 unspecified atom stereocenters. The van der Waals surface area contributed by atoms with Crippen LogP contribution in [0, 0.1) is 5.92 Å². The zero-order valence-corrected chi connectivity index (χ0v) is 14.1. The van der Waals surface area contributed by atoms with Crippen molar-refractivity contribution in [2.75, 3.05) is 39.3 Å². The van der Waals surface area contributed by atoms with Gasteiger partial charge < -0.3 is 5.32 Å². The van der Waals surface area contributed by atoms with E-state index in [0.717, 1.165) is 38.8 Å². The van der Waals surface area contributed by atoms with Gasteiger partial charge in [0.1, 0.15) is 0 Å². The van der Waals surface area contributed by atoms with E-state index in [1.807, 2.05) is 20.8 Å². The largest absolute Gasteiger partial charge is 0.316 e. The number of hydrogen-bond donors (Lipinski definition) is 1. The third kappa shape index (κ3) is 4.98. The van der Waals surface area contributed by atoms with Crippen molar-refractivity contribution < 1.29 is 8.42 Å². The molecular formula is C14H31N3O2S. The molecular weight excluding hydrogens is 274 g/mol. The van der Waals surface area contributed by atoms with Gasteiger partial charge in [-0.3, -0.25) is 0 Å². The Morgan fingerprint density at radius 1 is 1.10 bits per heavy atom. The lowest BCUT2D eigenvalue weighted by Crippen LogP contribution is -2.48. The minimum absolute atomic E-state index is 0.448. The molecule has 1 rings (SSSR count). The molecule has 120 valence electrons. The van der Waals surface area contributed by atoms with Gasteiger partial charge in [0.25, 0.3) is 10.2 Å². The molecule has 0 radical (unpaired) electrons. The molecule has 1 saturated heterocycles. The summed E-state index contributed by atoms with van der Waals surface area (Å²) in [6.45, 7) is 10.4. The molecule has 0 bridgehead atoms. The maximum absolute atomic E-state index is 12.7. The van der Waals surface area contributed by atoms with Gasteiger partial charge in [-0.05, 0) is 44.7 Å². The highest BCUT2D eigenvalue weighted by Gasteiger charge is 2.29. The summed E-state index contributed by atoms with van der Waals surface area (Å²) in [5.74, 6) is 0.448. The molecule has 0 aromatic rings. The highest BCUT2D eigenvalue weighted by Crippen LogP contribution is 2.16. The van der Waals surface area contributed by atoms with Crippen molar-refractivity contribution in [2.24, 2.45) is 5.92 Å². The summed E-state index contributed by atoms with van der Waals surface area (Å²) in [6.07, 6.45) is 4.00. The minimum atomic E-state index is -3.30. The van der Waals surface area contributed by atoms with E-state index in [4.69, 9.17) is 0 Å². The Kier molecular flexibility index (Phi) is 8.02. The van der Waals surface area contributed by atoms with Gasteiger partial charge in [0.05, 0.1) is 0 Å². The van der Waals surface area contributed by atoms with Gasteiger partial charge in [-0.25, -0.2) is 0 Å². The molecule has 1 N–H and O–H groups in total. The maximum Gasteiger partial charge on any atom is 0.281 e. The summed E-state index contributed by atoms with van der Waals surface area (Å²) in [5, 5.41) is 3.36. The fraction of sp³-hybridized carbons (Fsp3) is 1.00. The van der Waals surface area contributed by atoms with E-state index < -0.39 is 10.2 Å². The Morgan fingerprint density at radius 2 is 1.75 bits per heavy atom. The van der Waals surface area contributed by atoms with Crippen molar-refractivity contribution in [1.29, 1.82) is 0 Å². The minimum Gasteiger partial charge on any atom is -0.316 e. The smallest absolute Gasteiger partial charge is 0.281 e. The van der Waals surface area contributed by atoms with E-state index in [9.17, 15) is 8.42 Å². The monoisotopic (exact) mass is 305 g/mol. The van der Waals surface area contributed by atoms with Crippen LogP contribution in [0.25, 0.3) is 0 Å². The van der Waals surface area contributed by atoms with Gasteiger partial charge in [-0.15, -0.1) is 0 Å². The van der Waals surface area contributed by atoms with Crippen molar-refractivity contribution in [3.8, 4) is 0 Å². The second-order valence-corrected chi connectivity index (χ2v) is 7.50. The van der Waals surface area contributed by atoms with Crippen LogP contribution in [0.3, 0.4) is 0 Å². The van der Waals surface area contributed by atoms with Crippen LogP contribution in [0.5, 0.6) is 0 Å². The summed E-state index contributed by atoms with van der Waals surface area (Å²) < 4.78 is 28.8. The van der Waals surface area contributed by atoms with E-state index in [-0.39, 0.29) is 0 Å². The van der Waals surface area contributed by atoms with Gasteiger partial charge in [0.15, 0.2) is 0 Å². The van der Waals surface area contributed by atoms with Crippen LogP contribution in [-0.2, 0) is 10.2 Å². The first-order chi connectivity index (χ1) is 9.56. The Morgan fingerprint density at radius 3 is 2.20 bits per heavy atom. The van der Waals surface area contributed by atoms with Gasteiger partial charge in [0.2, 0.25) is 0 Å². The van der Waals surface area contributed by atoms with Gasteiger partial charge in [-0.2, -0.15) is 17.0 Å². The van der Waals surface area contributed by atoms with Crippen LogP contribution in [0.15, 0.2) is 0 Å². The zero-order valence-electron chi connectivity index (χ0n) is 13.3. The Hall–Kier alpha value is -0.170. The molecule has 0 amide bonds.